The van der Waals surface area contributed by atoms with E-state index < -0.39 is 47.9 Å². The molecule has 0 bridgehead atoms. The summed E-state index contributed by atoms with van der Waals surface area (Å²) in [5.74, 6) is -4.63. The summed E-state index contributed by atoms with van der Waals surface area (Å²) >= 11 is 1.94. The van der Waals surface area contributed by atoms with Crippen LogP contribution in [0.2, 0.25) is 0 Å². The van der Waals surface area contributed by atoms with Gasteiger partial charge in [0.1, 0.15) is 28.7 Å². The summed E-state index contributed by atoms with van der Waals surface area (Å²) in [4.78, 5) is 113. The number of allylic oxidation sites excluding steroid dienone is 1. The molecule has 0 atom stereocenters. The first-order valence-corrected chi connectivity index (χ1v) is 24.0. The number of nitriles is 1. The monoisotopic (exact) mass is 1070 g/mol. The number of fused-ring (bicyclic) bond motifs is 1. The third kappa shape index (κ3) is 16.3. The molecule has 20 nitrogen and oxygen atoms in total. The lowest BCUT2D eigenvalue weighted by Gasteiger charge is -2.12. The largest absolute Gasteiger partial charge is 0.513 e. The van der Waals surface area contributed by atoms with E-state index in [4.69, 9.17) is 49.5 Å². The number of thioether (sulfide) groups is 2. The predicted molar refractivity (Wildman–Crippen MR) is 267 cm³/mol. The van der Waals surface area contributed by atoms with E-state index in [9.17, 15) is 43.6 Å². The van der Waals surface area contributed by atoms with Crippen LogP contribution in [0, 0.1) is 17.9 Å². The van der Waals surface area contributed by atoms with Crippen LogP contribution in [-0.2, 0) is 33.6 Å². The van der Waals surface area contributed by atoms with Gasteiger partial charge in [0, 0.05) is 12.5 Å². The van der Waals surface area contributed by atoms with Crippen LogP contribution in [0.4, 0.5) is 4.79 Å². The van der Waals surface area contributed by atoms with Gasteiger partial charge in [-0.05, 0) is 135 Å². The Morgan fingerprint density at radius 2 is 0.961 bits per heavy atom. The van der Waals surface area contributed by atoms with Crippen molar-refractivity contribution in [1.82, 2.24) is 0 Å². The third-order valence-electron chi connectivity index (χ3n) is 9.87. The normalized spacial score (nSPS) is 11.7. The fraction of sp³-hybridized carbons (Fsp3) is 0.148. The minimum atomic E-state index is -0.965. The van der Waals surface area contributed by atoms with Crippen molar-refractivity contribution in [3.05, 3.63) is 184 Å². The Morgan fingerprint density at radius 1 is 0.539 bits per heavy atom. The number of unbranched alkanes of at least 4 members (excludes halogenated alkanes) is 2. The molecule has 1 aliphatic rings. The lowest BCUT2D eigenvalue weighted by molar-refractivity contribution is -0.241. The molecule has 0 radical (unpaired) electrons. The fourth-order valence-corrected chi connectivity index (χ4v) is 8.58. The van der Waals surface area contributed by atoms with Crippen molar-refractivity contribution in [2.45, 2.75) is 41.9 Å². The molecule has 0 aromatic heterocycles. The van der Waals surface area contributed by atoms with E-state index in [0.717, 1.165) is 35.9 Å². The van der Waals surface area contributed by atoms with Gasteiger partial charge < -0.3 is 37.9 Å². The highest BCUT2D eigenvalue weighted by molar-refractivity contribution is 8.24. The van der Waals surface area contributed by atoms with Crippen molar-refractivity contribution >= 4 is 71.5 Å². The molecule has 0 saturated heterocycles. The van der Waals surface area contributed by atoms with Crippen LogP contribution >= 0.6 is 23.5 Å². The topological polar surface area (TPSA) is 257 Å². The highest BCUT2D eigenvalue weighted by Gasteiger charge is 2.31. The molecule has 0 fully saturated rings. The SMILES string of the molecule is [C-]#[N+]C(C#N)=C1Sc2c(OC(=O)c3ccc(OC(=O)c4ccc(OC(=O)OCCCCOC(=O)C=C)cc4)cc3)ccc(OC(=O)c3ccc(OC(=O)c4ccc(C(=O)OOCCCCC(=O)OC=C)cc4)cc3)c2S1. The Labute approximate surface area is 441 Å². The molecule has 76 heavy (non-hydrogen) atoms. The molecule has 0 aliphatic carbocycles. The molecule has 0 saturated carbocycles. The standard InChI is InChI=1S/C54H40N2O18S2/c1-4-44(57)66-29-8-9-30-67-54(64)71-40-25-19-34(20-26-40)49(60)70-39-23-17-36(18-24-39)51(62)73-43-28-27-42(46-47(43)76-53(75-46)41(32-55)56-3)72-50(61)35-15-21-38(22-16-35)69-48(59)33-11-13-37(14-12-33)52(63)74-68-31-7-6-10-45(58)65-5-2/h4-5,11-28H,1-2,6-10,29-31H2. The zero-order valence-corrected chi connectivity index (χ0v) is 41.3. The van der Waals surface area contributed by atoms with E-state index in [2.05, 4.69) is 22.7 Å². The van der Waals surface area contributed by atoms with Gasteiger partial charge in [0.2, 0.25) is 0 Å². The Hall–Kier alpha value is -9.48. The summed E-state index contributed by atoms with van der Waals surface area (Å²) in [6.07, 6.45) is 3.03. The second-order valence-corrected chi connectivity index (χ2v) is 17.4. The molecule has 5 aromatic rings. The van der Waals surface area contributed by atoms with Gasteiger partial charge in [-0.25, -0.2) is 43.7 Å². The molecule has 0 amide bonds. The number of nitrogens with zero attached hydrogens (tertiary/aromatic N) is 2. The van der Waals surface area contributed by atoms with E-state index in [1.54, 1.807) is 0 Å². The summed E-state index contributed by atoms with van der Waals surface area (Å²) in [5.41, 5.74) is 0.189. The molecule has 0 spiro atoms. The number of esters is 6. The maximum atomic E-state index is 13.4. The van der Waals surface area contributed by atoms with Gasteiger partial charge in [-0.15, -0.1) is 0 Å². The summed E-state index contributed by atoms with van der Waals surface area (Å²) in [6, 6.07) is 26.4. The molecule has 1 heterocycles. The van der Waals surface area contributed by atoms with E-state index in [1.165, 1.54) is 109 Å². The van der Waals surface area contributed by atoms with Crippen LogP contribution in [0.5, 0.6) is 28.7 Å². The molecule has 1 aliphatic heterocycles. The summed E-state index contributed by atoms with van der Waals surface area (Å²) < 4.78 is 42.2. The zero-order valence-electron chi connectivity index (χ0n) is 39.7. The zero-order chi connectivity index (χ0) is 54.4. The van der Waals surface area contributed by atoms with Crippen molar-refractivity contribution in [2.75, 3.05) is 19.8 Å². The smallest absolute Gasteiger partial charge is 0.463 e. The quantitative estimate of drug-likeness (QED) is 0.00503. The number of carbonyl (C=O) groups excluding carboxylic acids is 8. The van der Waals surface area contributed by atoms with Crippen LogP contribution in [0.15, 0.2) is 154 Å². The van der Waals surface area contributed by atoms with Gasteiger partial charge in [0.05, 0.1) is 80.6 Å². The van der Waals surface area contributed by atoms with Crippen LogP contribution in [0.3, 0.4) is 0 Å². The van der Waals surface area contributed by atoms with Crippen molar-refractivity contribution in [3.63, 3.8) is 0 Å². The second kappa shape index (κ2) is 28.1. The van der Waals surface area contributed by atoms with Gasteiger partial charge in [0.25, 0.3) is 5.70 Å². The summed E-state index contributed by atoms with van der Waals surface area (Å²) in [7, 11) is 0. The number of hydrogen-bond acceptors (Lipinski definition) is 21. The van der Waals surface area contributed by atoms with Crippen molar-refractivity contribution in [1.29, 1.82) is 5.26 Å². The maximum Gasteiger partial charge on any atom is 0.513 e. The fourth-order valence-electron chi connectivity index (χ4n) is 6.11. The predicted octanol–water partition coefficient (Wildman–Crippen LogP) is 10.3. The average Bonchev–Trinajstić information content (AvgIpc) is 3.88. The number of benzene rings is 5. The van der Waals surface area contributed by atoms with Crippen molar-refractivity contribution in [3.8, 4) is 34.8 Å². The molecule has 22 heteroatoms. The Kier molecular flexibility index (Phi) is 20.6. The summed E-state index contributed by atoms with van der Waals surface area (Å²) in [5, 5.41) is 9.63. The van der Waals surface area contributed by atoms with Crippen LogP contribution in [0.1, 0.15) is 83.9 Å². The van der Waals surface area contributed by atoms with Gasteiger partial charge in [-0.3, -0.25) is 9.68 Å². The first kappa shape index (κ1) is 55.8. The first-order valence-electron chi connectivity index (χ1n) is 22.4. The molecule has 386 valence electrons. The number of carbonyl (C=O) groups is 8. The van der Waals surface area contributed by atoms with Gasteiger partial charge in [-0.1, -0.05) is 36.7 Å². The molecule has 0 N–H and O–H groups in total. The molecular formula is C54H40N2O18S2. The number of ether oxygens (including phenoxy) is 8. The van der Waals surface area contributed by atoms with Crippen LogP contribution in [0.25, 0.3) is 4.85 Å². The molecule has 0 unspecified atom stereocenters. The van der Waals surface area contributed by atoms with Gasteiger partial charge in [-0.2, -0.15) is 4.89 Å². The maximum absolute atomic E-state index is 13.4. The van der Waals surface area contributed by atoms with E-state index in [0.29, 0.717) is 25.7 Å². The minimum absolute atomic E-state index is 0.0249. The first-order chi connectivity index (χ1) is 36.8. The highest BCUT2D eigenvalue weighted by atomic mass is 32.2. The molecule has 6 rings (SSSR count). The summed E-state index contributed by atoms with van der Waals surface area (Å²) in [6.45, 7) is 14.3. The van der Waals surface area contributed by atoms with E-state index >= 15 is 0 Å². The number of rotatable bonds is 23. The molecule has 5 aromatic carbocycles. The van der Waals surface area contributed by atoms with Gasteiger partial charge in [0.15, 0.2) is 0 Å². The third-order valence-corrected chi connectivity index (χ3v) is 12.5. The van der Waals surface area contributed by atoms with Crippen LogP contribution in [-0.4, -0.2) is 67.8 Å². The van der Waals surface area contributed by atoms with Crippen molar-refractivity contribution in [2.24, 2.45) is 0 Å². The van der Waals surface area contributed by atoms with Crippen molar-refractivity contribution < 1.29 is 86.0 Å². The minimum Gasteiger partial charge on any atom is -0.463 e. The second-order valence-electron chi connectivity index (χ2n) is 15.1. The van der Waals surface area contributed by atoms with E-state index in [1.807, 2.05) is 6.07 Å². The lowest BCUT2D eigenvalue weighted by Crippen LogP contribution is -2.13. The highest BCUT2D eigenvalue weighted by Crippen LogP contribution is 2.59. The number of hydrogen-bond donors (Lipinski definition) is 0. The van der Waals surface area contributed by atoms with Crippen LogP contribution < -0.4 is 23.7 Å². The lowest BCUT2D eigenvalue weighted by atomic mass is 10.1. The average molecular weight is 1070 g/mol. The Bertz CT molecular complexity index is 3120. The Morgan fingerprint density at radius 3 is 1.41 bits per heavy atom. The van der Waals surface area contributed by atoms with Gasteiger partial charge >= 0.3 is 47.9 Å². The Balaban J connectivity index is 1.00. The molecular weight excluding hydrogens is 1030 g/mol. The van der Waals surface area contributed by atoms with E-state index in [-0.39, 0.29) is 103 Å².